The quantitative estimate of drug-likeness (QED) is 0.848. The maximum absolute atomic E-state index is 13.7. The number of hydrogen-bond acceptors (Lipinski definition) is 3. The van der Waals surface area contributed by atoms with E-state index in [1.807, 2.05) is 0 Å². The number of rotatable bonds is 4. The van der Waals surface area contributed by atoms with E-state index in [4.69, 9.17) is 11.6 Å². The molecular weight excluding hydrogens is 354 g/mol. The minimum absolute atomic E-state index is 0.0199. The van der Waals surface area contributed by atoms with Gasteiger partial charge in [0, 0.05) is 13.1 Å². The second kappa shape index (κ2) is 6.60. The van der Waals surface area contributed by atoms with Gasteiger partial charge in [0.1, 0.15) is 11.6 Å². The number of benzene rings is 2. The van der Waals surface area contributed by atoms with Gasteiger partial charge in [-0.2, -0.15) is 0 Å². The average Bonchev–Trinajstić information content (AvgIpc) is 2.80. The van der Waals surface area contributed by atoms with Crippen molar-refractivity contribution in [3.63, 3.8) is 0 Å². The number of carbonyl (C=O) groups excluding carboxylic acids is 3. The Morgan fingerprint density at radius 1 is 1.04 bits per heavy atom. The summed E-state index contributed by atoms with van der Waals surface area (Å²) in [7, 11) is 0. The molecule has 3 amide bonds. The Labute approximate surface area is 146 Å². The Hall–Kier alpha value is -2.80. The number of fused-ring (bicyclic) bond motifs is 1. The van der Waals surface area contributed by atoms with Gasteiger partial charge in [0.25, 0.3) is 17.7 Å². The van der Waals surface area contributed by atoms with Crippen molar-refractivity contribution in [2.75, 3.05) is 13.1 Å². The van der Waals surface area contributed by atoms with Gasteiger partial charge in [-0.25, -0.2) is 8.78 Å². The number of hydrogen-bond donors (Lipinski definition) is 1. The highest BCUT2D eigenvalue weighted by atomic mass is 35.5. The summed E-state index contributed by atoms with van der Waals surface area (Å²) in [6, 6.07) is 7.61. The summed E-state index contributed by atoms with van der Waals surface area (Å²) in [5.41, 5.74) is -0.623. The Bertz CT molecular complexity index is 881. The van der Waals surface area contributed by atoms with E-state index in [1.165, 1.54) is 24.3 Å². The smallest absolute Gasteiger partial charge is 0.264 e. The molecule has 0 atom stereocenters. The first-order valence-corrected chi connectivity index (χ1v) is 7.66. The van der Waals surface area contributed by atoms with E-state index in [0.717, 1.165) is 17.0 Å². The molecule has 0 radical (unpaired) electrons. The number of halogens is 3. The predicted molar refractivity (Wildman–Crippen MR) is 85.5 cm³/mol. The molecule has 1 aliphatic rings. The van der Waals surface area contributed by atoms with Crippen LogP contribution in [0.4, 0.5) is 8.78 Å². The molecule has 0 fully saturated rings. The van der Waals surface area contributed by atoms with E-state index in [0.29, 0.717) is 0 Å². The van der Waals surface area contributed by atoms with Crippen molar-refractivity contribution in [3.05, 3.63) is 69.7 Å². The number of nitrogens with one attached hydrogen (secondary N) is 1. The molecule has 1 aliphatic heterocycles. The molecular formula is C17H11ClF2N2O3. The summed E-state index contributed by atoms with van der Waals surface area (Å²) in [6.45, 7) is -0.305. The van der Waals surface area contributed by atoms with Crippen LogP contribution in [-0.2, 0) is 0 Å². The molecule has 0 unspecified atom stereocenters. The third-order valence-corrected chi connectivity index (χ3v) is 4.07. The predicted octanol–water partition coefficient (Wildman–Crippen LogP) is 2.64. The second-order valence-corrected chi connectivity index (χ2v) is 5.68. The van der Waals surface area contributed by atoms with Crippen molar-refractivity contribution in [1.29, 1.82) is 0 Å². The van der Waals surface area contributed by atoms with E-state index in [9.17, 15) is 23.2 Å². The SMILES string of the molecule is O=C(NCCN1C(=O)c2cccc(F)c2C1=O)c1c(F)cccc1Cl. The van der Waals surface area contributed by atoms with Crippen molar-refractivity contribution in [3.8, 4) is 0 Å². The van der Waals surface area contributed by atoms with Crippen LogP contribution in [0.25, 0.3) is 0 Å². The van der Waals surface area contributed by atoms with E-state index >= 15 is 0 Å². The molecule has 25 heavy (non-hydrogen) atoms. The average molecular weight is 365 g/mol. The summed E-state index contributed by atoms with van der Waals surface area (Å²) in [4.78, 5) is 37.2. The van der Waals surface area contributed by atoms with Crippen LogP contribution >= 0.6 is 11.6 Å². The summed E-state index contributed by atoms with van der Waals surface area (Å²) in [6.07, 6.45) is 0. The Morgan fingerprint density at radius 3 is 2.40 bits per heavy atom. The van der Waals surface area contributed by atoms with Crippen LogP contribution in [0.3, 0.4) is 0 Å². The van der Waals surface area contributed by atoms with Gasteiger partial charge < -0.3 is 5.32 Å². The maximum atomic E-state index is 13.7. The molecule has 3 rings (SSSR count). The monoisotopic (exact) mass is 364 g/mol. The van der Waals surface area contributed by atoms with Gasteiger partial charge in [0.15, 0.2) is 0 Å². The fraction of sp³-hybridized carbons (Fsp3) is 0.118. The minimum Gasteiger partial charge on any atom is -0.350 e. The molecule has 0 saturated carbocycles. The Morgan fingerprint density at radius 2 is 1.72 bits per heavy atom. The first-order valence-electron chi connectivity index (χ1n) is 7.28. The zero-order chi connectivity index (χ0) is 18.1. The normalized spacial score (nSPS) is 13.2. The molecule has 2 aromatic rings. The lowest BCUT2D eigenvalue weighted by atomic mass is 10.1. The van der Waals surface area contributed by atoms with Crippen molar-refractivity contribution in [1.82, 2.24) is 10.2 Å². The van der Waals surface area contributed by atoms with Crippen LogP contribution in [0.2, 0.25) is 5.02 Å². The third kappa shape index (κ3) is 2.98. The highest BCUT2D eigenvalue weighted by molar-refractivity contribution is 6.33. The molecule has 128 valence electrons. The topological polar surface area (TPSA) is 66.5 Å². The Kier molecular flexibility index (Phi) is 4.50. The van der Waals surface area contributed by atoms with E-state index in [1.54, 1.807) is 0 Å². The van der Waals surface area contributed by atoms with E-state index in [-0.39, 0.29) is 34.8 Å². The maximum Gasteiger partial charge on any atom is 0.264 e. The zero-order valence-electron chi connectivity index (χ0n) is 12.7. The molecule has 0 spiro atoms. The summed E-state index contributed by atoms with van der Waals surface area (Å²) >= 11 is 5.79. The molecule has 5 nitrogen and oxygen atoms in total. The number of carbonyl (C=O) groups is 3. The molecule has 2 aromatic carbocycles. The van der Waals surface area contributed by atoms with Gasteiger partial charge in [-0.05, 0) is 24.3 Å². The number of amides is 3. The van der Waals surface area contributed by atoms with Crippen LogP contribution in [-0.4, -0.2) is 35.7 Å². The first kappa shape index (κ1) is 17.0. The van der Waals surface area contributed by atoms with E-state index in [2.05, 4.69) is 5.32 Å². The summed E-state index contributed by atoms with van der Waals surface area (Å²) < 4.78 is 27.4. The summed E-state index contributed by atoms with van der Waals surface area (Å²) in [5, 5.41) is 2.33. The van der Waals surface area contributed by atoms with Gasteiger partial charge in [0.2, 0.25) is 0 Å². The van der Waals surface area contributed by atoms with Crippen molar-refractivity contribution >= 4 is 29.3 Å². The molecule has 0 aromatic heterocycles. The first-order chi connectivity index (χ1) is 11.9. The second-order valence-electron chi connectivity index (χ2n) is 5.28. The highest BCUT2D eigenvalue weighted by Crippen LogP contribution is 2.24. The lowest BCUT2D eigenvalue weighted by Crippen LogP contribution is -2.38. The van der Waals surface area contributed by atoms with Gasteiger partial charge in [0.05, 0.1) is 21.7 Å². The molecule has 0 saturated heterocycles. The van der Waals surface area contributed by atoms with E-state index < -0.39 is 29.4 Å². The van der Waals surface area contributed by atoms with Crippen molar-refractivity contribution in [2.24, 2.45) is 0 Å². The van der Waals surface area contributed by atoms with Crippen LogP contribution < -0.4 is 5.32 Å². The fourth-order valence-corrected chi connectivity index (χ4v) is 2.83. The van der Waals surface area contributed by atoms with Crippen LogP contribution in [0.1, 0.15) is 31.1 Å². The van der Waals surface area contributed by atoms with Crippen LogP contribution in [0.15, 0.2) is 36.4 Å². The lowest BCUT2D eigenvalue weighted by Gasteiger charge is -2.14. The molecule has 8 heteroatoms. The molecule has 1 N–H and O–H groups in total. The van der Waals surface area contributed by atoms with Crippen molar-refractivity contribution < 1.29 is 23.2 Å². The largest absolute Gasteiger partial charge is 0.350 e. The fourth-order valence-electron chi connectivity index (χ4n) is 2.58. The molecule has 0 bridgehead atoms. The molecule has 0 aliphatic carbocycles. The lowest BCUT2D eigenvalue weighted by molar-refractivity contribution is 0.0648. The molecule has 1 heterocycles. The summed E-state index contributed by atoms with van der Waals surface area (Å²) in [5.74, 6) is -3.74. The number of imide groups is 1. The van der Waals surface area contributed by atoms with Crippen LogP contribution in [0, 0.1) is 11.6 Å². The van der Waals surface area contributed by atoms with Crippen molar-refractivity contribution in [2.45, 2.75) is 0 Å². The van der Waals surface area contributed by atoms with Gasteiger partial charge in [-0.3, -0.25) is 19.3 Å². The zero-order valence-corrected chi connectivity index (χ0v) is 13.4. The van der Waals surface area contributed by atoms with Gasteiger partial charge in [-0.15, -0.1) is 0 Å². The number of nitrogens with zero attached hydrogens (tertiary/aromatic N) is 1. The minimum atomic E-state index is -0.784. The van der Waals surface area contributed by atoms with Gasteiger partial charge in [-0.1, -0.05) is 23.7 Å². The highest BCUT2D eigenvalue weighted by Gasteiger charge is 2.37. The van der Waals surface area contributed by atoms with Gasteiger partial charge >= 0.3 is 0 Å². The standard InChI is InChI=1S/C17H11ClF2N2O3/c18-10-4-2-6-12(20)14(10)15(23)21-7-8-22-16(24)9-3-1-5-11(19)13(9)17(22)25/h1-6H,7-8H2,(H,21,23). The third-order valence-electron chi connectivity index (χ3n) is 3.76. The Balaban J connectivity index is 1.68. The van der Waals surface area contributed by atoms with Crippen LogP contribution in [0.5, 0.6) is 0 Å².